The molecule has 0 unspecified atom stereocenters. The smallest absolute Gasteiger partial charge is 0.227 e. The van der Waals surface area contributed by atoms with Gasteiger partial charge in [0, 0.05) is 23.7 Å². The molecular weight excluding hydrogens is 264 g/mol. The van der Waals surface area contributed by atoms with Crippen molar-refractivity contribution in [2.45, 2.75) is 39.5 Å². The molecule has 0 spiro atoms. The molecule has 2 rings (SSSR count). The SMILES string of the molecule is CCC(=O)Nc1cccc(NC(=O)[C@H]2CC=CCC2)c1C. The predicted molar refractivity (Wildman–Crippen MR) is 85.2 cm³/mol. The first-order valence-corrected chi connectivity index (χ1v) is 7.47. The quantitative estimate of drug-likeness (QED) is 0.830. The summed E-state index contributed by atoms with van der Waals surface area (Å²) in [6, 6.07) is 5.56. The standard InChI is InChI=1S/C17H22N2O2/c1-3-16(20)18-14-10-7-11-15(12(14)2)19-17(21)13-8-5-4-6-9-13/h4-5,7,10-11,13H,3,6,8-9H2,1-2H3,(H,18,20)(H,19,21)/t13-/m0/s1. The zero-order chi connectivity index (χ0) is 15.2. The molecule has 1 atom stereocenters. The predicted octanol–water partition coefficient (Wildman–Crippen LogP) is 3.64. The number of rotatable bonds is 4. The van der Waals surface area contributed by atoms with Gasteiger partial charge in [0.2, 0.25) is 11.8 Å². The highest BCUT2D eigenvalue weighted by Gasteiger charge is 2.19. The summed E-state index contributed by atoms with van der Waals surface area (Å²) in [5.41, 5.74) is 2.41. The van der Waals surface area contributed by atoms with E-state index in [0.717, 1.165) is 36.2 Å². The molecule has 0 fully saturated rings. The molecule has 0 bridgehead atoms. The van der Waals surface area contributed by atoms with E-state index >= 15 is 0 Å². The molecule has 0 heterocycles. The highest BCUT2D eigenvalue weighted by Crippen LogP contribution is 2.26. The molecule has 0 aromatic heterocycles. The van der Waals surface area contributed by atoms with E-state index in [-0.39, 0.29) is 17.7 Å². The van der Waals surface area contributed by atoms with E-state index in [1.165, 1.54) is 0 Å². The second-order valence-electron chi connectivity index (χ2n) is 5.35. The van der Waals surface area contributed by atoms with Crippen molar-refractivity contribution in [1.82, 2.24) is 0 Å². The fourth-order valence-corrected chi connectivity index (χ4v) is 2.41. The van der Waals surface area contributed by atoms with Gasteiger partial charge in [-0.1, -0.05) is 25.1 Å². The molecule has 1 aliphatic rings. The van der Waals surface area contributed by atoms with Crippen LogP contribution in [-0.4, -0.2) is 11.8 Å². The number of nitrogens with one attached hydrogen (secondary N) is 2. The van der Waals surface area contributed by atoms with Crippen LogP contribution in [0.2, 0.25) is 0 Å². The molecular formula is C17H22N2O2. The normalized spacial score (nSPS) is 17.3. The van der Waals surface area contributed by atoms with Crippen molar-refractivity contribution >= 4 is 23.2 Å². The number of allylic oxidation sites excluding steroid dienone is 2. The minimum Gasteiger partial charge on any atom is -0.326 e. The van der Waals surface area contributed by atoms with Gasteiger partial charge in [-0.25, -0.2) is 0 Å². The number of hydrogen-bond acceptors (Lipinski definition) is 2. The monoisotopic (exact) mass is 286 g/mol. The first-order chi connectivity index (χ1) is 10.1. The van der Waals surface area contributed by atoms with Gasteiger partial charge in [-0.2, -0.15) is 0 Å². The Morgan fingerprint density at radius 2 is 1.90 bits per heavy atom. The van der Waals surface area contributed by atoms with E-state index in [9.17, 15) is 9.59 Å². The summed E-state index contributed by atoms with van der Waals surface area (Å²) in [6.45, 7) is 3.72. The van der Waals surface area contributed by atoms with Crippen LogP contribution in [0.1, 0.15) is 38.2 Å². The van der Waals surface area contributed by atoms with Gasteiger partial charge in [-0.05, 0) is 43.9 Å². The molecule has 4 nitrogen and oxygen atoms in total. The third-order valence-electron chi connectivity index (χ3n) is 3.83. The van der Waals surface area contributed by atoms with Gasteiger partial charge < -0.3 is 10.6 Å². The lowest BCUT2D eigenvalue weighted by molar-refractivity contribution is -0.120. The maximum Gasteiger partial charge on any atom is 0.227 e. The van der Waals surface area contributed by atoms with Gasteiger partial charge in [0.15, 0.2) is 0 Å². The van der Waals surface area contributed by atoms with Crippen LogP contribution < -0.4 is 10.6 Å². The Hall–Kier alpha value is -2.10. The van der Waals surface area contributed by atoms with Crippen LogP contribution >= 0.6 is 0 Å². The lowest BCUT2D eigenvalue weighted by Gasteiger charge is -2.19. The molecule has 0 saturated carbocycles. The van der Waals surface area contributed by atoms with Crippen molar-refractivity contribution in [2.24, 2.45) is 5.92 Å². The maximum atomic E-state index is 12.3. The van der Waals surface area contributed by atoms with Crippen LogP contribution in [0.15, 0.2) is 30.4 Å². The Morgan fingerprint density at radius 1 is 1.19 bits per heavy atom. The lowest BCUT2D eigenvalue weighted by atomic mass is 9.93. The van der Waals surface area contributed by atoms with Gasteiger partial charge in [0.05, 0.1) is 0 Å². The second-order valence-corrected chi connectivity index (χ2v) is 5.35. The number of benzene rings is 1. The second kappa shape index (κ2) is 7.07. The van der Waals surface area contributed by atoms with Crippen LogP contribution in [0.3, 0.4) is 0 Å². The Labute approximate surface area is 125 Å². The van der Waals surface area contributed by atoms with Crippen LogP contribution in [0, 0.1) is 12.8 Å². The Balaban J connectivity index is 2.09. The first-order valence-electron chi connectivity index (χ1n) is 7.47. The number of carbonyl (C=O) groups is 2. The summed E-state index contributed by atoms with van der Waals surface area (Å²) in [6.07, 6.45) is 7.29. The molecule has 0 radical (unpaired) electrons. The largest absolute Gasteiger partial charge is 0.326 e. The summed E-state index contributed by atoms with van der Waals surface area (Å²) >= 11 is 0. The van der Waals surface area contributed by atoms with Crippen molar-refractivity contribution in [3.63, 3.8) is 0 Å². The summed E-state index contributed by atoms with van der Waals surface area (Å²) in [7, 11) is 0. The van der Waals surface area contributed by atoms with E-state index in [2.05, 4.69) is 22.8 Å². The molecule has 2 N–H and O–H groups in total. The fraction of sp³-hybridized carbons (Fsp3) is 0.412. The maximum absolute atomic E-state index is 12.3. The average molecular weight is 286 g/mol. The van der Waals surface area contributed by atoms with Gasteiger partial charge >= 0.3 is 0 Å². The summed E-state index contributed by atoms with van der Waals surface area (Å²) in [5, 5.41) is 5.84. The molecule has 1 aromatic rings. The highest BCUT2D eigenvalue weighted by atomic mass is 16.2. The minimum atomic E-state index is -0.0287. The van der Waals surface area contributed by atoms with Crippen molar-refractivity contribution in [3.8, 4) is 0 Å². The van der Waals surface area contributed by atoms with Gasteiger partial charge in [-0.15, -0.1) is 0 Å². The van der Waals surface area contributed by atoms with Crippen LogP contribution in [0.4, 0.5) is 11.4 Å². The molecule has 1 aliphatic carbocycles. The summed E-state index contributed by atoms with van der Waals surface area (Å²) in [5.74, 6) is 0.0729. The van der Waals surface area contributed by atoms with Gasteiger partial charge in [0.25, 0.3) is 0 Å². The minimum absolute atomic E-state index is 0.0287. The summed E-state index contributed by atoms with van der Waals surface area (Å²) < 4.78 is 0. The van der Waals surface area contributed by atoms with Crippen molar-refractivity contribution in [3.05, 3.63) is 35.9 Å². The van der Waals surface area contributed by atoms with E-state index in [1.807, 2.05) is 32.0 Å². The van der Waals surface area contributed by atoms with Crippen LogP contribution in [-0.2, 0) is 9.59 Å². The van der Waals surface area contributed by atoms with E-state index in [4.69, 9.17) is 0 Å². The van der Waals surface area contributed by atoms with E-state index in [1.54, 1.807) is 0 Å². The number of carbonyl (C=O) groups excluding carboxylic acids is 2. The lowest BCUT2D eigenvalue weighted by Crippen LogP contribution is -2.24. The summed E-state index contributed by atoms with van der Waals surface area (Å²) in [4.78, 5) is 23.8. The Bertz CT molecular complexity index is 564. The number of hydrogen-bond donors (Lipinski definition) is 2. The highest BCUT2D eigenvalue weighted by molar-refractivity contribution is 5.96. The fourth-order valence-electron chi connectivity index (χ4n) is 2.41. The molecule has 2 amide bonds. The molecule has 0 aliphatic heterocycles. The molecule has 1 aromatic carbocycles. The topological polar surface area (TPSA) is 58.2 Å². The van der Waals surface area contributed by atoms with E-state index in [0.29, 0.717) is 6.42 Å². The van der Waals surface area contributed by atoms with Crippen LogP contribution in [0.5, 0.6) is 0 Å². The van der Waals surface area contributed by atoms with Crippen molar-refractivity contribution < 1.29 is 9.59 Å². The number of amides is 2. The third-order valence-corrected chi connectivity index (χ3v) is 3.83. The molecule has 4 heteroatoms. The van der Waals surface area contributed by atoms with Crippen molar-refractivity contribution in [2.75, 3.05) is 10.6 Å². The zero-order valence-corrected chi connectivity index (χ0v) is 12.6. The number of anilines is 2. The Morgan fingerprint density at radius 3 is 2.52 bits per heavy atom. The zero-order valence-electron chi connectivity index (χ0n) is 12.6. The third kappa shape index (κ3) is 3.94. The van der Waals surface area contributed by atoms with Gasteiger partial charge in [-0.3, -0.25) is 9.59 Å². The van der Waals surface area contributed by atoms with Crippen molar-refractivity contribution in [1.29, 1.82) is 0 Å². The average Bonchev–Trinajstić information content (AvgIpc) is 2.52. The Kier molecular flexibility index (Phi) is 5.14. The van der Waals surface area contributed by atoms with E-state index < -0.39 is 0 Å². The van der Waals surface area contributed by atoms with Crippen LogP contribution in [0.25, 0.3) is 0 Å². The van der Waals surface area contributed by atoms with Gasteiger partial charge in [0.1, 0.15) is 0 Å². The first kappa shape index (κ1) is 15.3. The molecule has 112 valence electrons. The molecule has 0 saturated heterocycles. The molecule has 21 heavy (non-hydrogen) atoms.